The first-order valence-corrected chi connectivity index (χ1v) is 4.86. The van der Waals surface area contributed by atoms with E-state index in [0.717, 1.165) is 25.2 Å². The Bertz CT molecular complexity index is 307. The summed E-state index contributed by atoms with van der Waals surface area (Å²) in [5, 5.41) is 0. The lowest BCUT2D eigenvalue weighted by molar-refractivity contribution is 0.355. The van der Waals surface area contributed by atoms with Crippen LogP contribution in [-0.2, 0) is 12.8 Å². The molecule has 2 heterocycles. The summed E-state index contributed by atoms with van der Waals surface area (Å²) < 4.78 is 5.46. The maximum Gasteiger partial charge on any atom is 0.141 e. The van der Waals surface area contributed by atoms with E-state index in [-0.39, 0.29) is 0 Å². The summed E-state index contributed by atoms with van der Waals surface area (Å²) >= 11 is 0. The van der Waals surface area contributed by atoms with Crippen LogP contribution >= 0.6 is 0 Å². The van der Waals surface area contributed by atoms with E-state index in [2.05, 4.69) is 18.8 Å². The Hall–Kier alpha value is -1.05. The molecule has 1 aliphatic heterocycles. The predicted octanol–water partition coefficient (Wildman–Crippen LogP) is 2.21. The first-order chi connectivity index (χ1) is 6.27. The fraction of sp³-hybridized carbons (Fsp3) is 0.545. The maximum atomic E-state index is 5.46. The summed E-state index contributed by atoms with van der Waals surface area (Å²) in [6.45, 7) is 5.29. The number of hydrogen-bond donors (Lipinski definition) is 0. The summed E-state index contributed by atoms with van der Waals surface area (Å²) in [6, 6.07) is 0. The van der Waals surface area contributed by atoms with Gasteiger partial charge in [-0.3, -0.25) is 4.98 Å². The number of fused-ring (bicyclic) bond motifs is 1. The molecule has 0 amide bonds. The van der Waals surface area contributed by atoms with Crippen LogP contribution in [0.4, 0.5) is 0 Å². The molecule has 2 rings (SSSR count). The number of aromatic nitrogens is 1. The van der Waals surface area contributed by atoms with Crippen molar-refractivity contribution in [1.82, 2.24) is 4.98 Å². The summed E-state index contributed by atoms with van der Waals surface area (Å²) in [4.78, 5) is 4.18. The first kappa shape index (κ1) is 8.54. The van der Waals surface area contributed by atoms with Crippen molar-refractivity contribution >= 4 is 0 Å². The molecule has 70 valence electrons. The van der Waals surface area contributed by atoms with E-state index < -0.39 is 0 Å². The van der Waals surface area contributed by atoms with Gasteiger partial charge in [0.1, 0.15) is 5.75 Å². The van der Waals surface area contributed by atoms with Crippen LogP contribution in [0.15, 0.2) is 12.4 Å². The van der Waals surface area contributed by atoms with E-state index in [4.69, 9.17) is 4.74 Å². The van der Waals surface area contributed by atoms with E-state index in [1.165, 1.54) is 11.1 Å². The molecular formula is C11H15NO. The van der Waals surface area contributed by atoms with Gasteiger partial charge in [-0.1, -0.05) is 13.8 Å². The maximum absolute atomic E-state index is 5.46. The lowest BCUT2D eigenvalue weighted by Gasteiger charge is -2.07. The lowest BCUT2D eigenvalue weighted by atomic mass is 9.99. The van der Waals surface area contributed by atoms with Gasteiger partial charge in [-0.25, -0.2) is 0 Å². The number of nitrogens with zero attached hydrogens (tertiary/aromatic N) is 1. The second-order valence-electron chi connectivity index (χ2n) is 3.97. The zero-order chi connectivity index (χ0) is 9.26. The van der Waals surface area contributed by atoms with Gasteiger partial charge < -0.3 is 4.74 Å². The Morgan fingerprint density at radius 3 is 3.08 bits per heavy atom. The van der Waals surface area contributed by atoms with E-state index in [0.29, 0.717) is 5.92 Å². The molecule has 1 aliphatic rings. The topological polar surface area (TPSA) is 22.1 Å². The van der Waals surface area contributed by atoms with Gasteiger partial charge in [0.2, 0.25) is 0 Å². The highest BCUT2D eigenvalue weighted by Crippen LogP contribution is 2.28. The second-order valence-corrected chi connectivity index (χ2v) is 3.97. The van der Waals surface area contributed by atoms with Crippen LogP contribution in [0.5, 0.6) is 5.75 Å². The minimum atomic E-state index is 0.689. The molecule has 0 saturated heterocycles. The first-order valence-electron chi connectivity index (χ1n) is 4.86. The van der Waals surface area contributed by atoms with Gasteiger partial charge in [0.05, 0.1) is 12.8 Å². The van der Waals surface area contributed by atoms with E-state index in [1.54, 1.807) is 0 Å². The number of rotatable bonds is 2. The Balaban J connectivity index is 2.30. The summed E-state index contributed by atoms with van der Waals surface area (Å²) in [5.41, 5.74) is 2.74. The monoisotopic (exact) mass is 177 g/mol. The van der Waals surface area contributed by atoms with E-state index in [9.17, 15) is 0 Å². The van der Waals surface area contributed by atoms with Crippen molar-refractivity contribution in [1.29, 1.82) is 0 Å². The molecule has 0 bridgehead atoms. The van der Waals surface area contributed by atoms with Gasteiger partial charge in [-0.2, -0.15) is 0 Å². The van der Waals surface area contributed by atoms with Crippen molar-refractivity contribution in [2.45, 2.75) is 26.7 Å². The lowest BCUT2D eigenvalue weighted by Crippen LogP contribution is -1.98. The average Bonchev–Trinajstić information content (AvgIpc) is 2.51. The molecule has 0 radical (unpaired) electrons. The largest absolute Gasteiger partial charge is 0.491 e. The third kappa shape index (κ3) is 1.67. The molecular weight excluding hydrogens is 162 g/mol. The predicted molar refractivity (Wildman–Crippen MR) is 52.0 cm³/mol. The molecule has 0 spiro atoms. The summed E-state index contributed by atoms with van der Waals surface area (Å²) in [5.74, 6) is 1.69. The van der Waals surface area contributed by atoms with Gasteiger partial charge in [0.25, 0.3) is 0 Å². The third-order valence-electron chi connectivity index (χ3n) is 2.34. The Labute approximate surface area is 78.9 Å². The summed E-state index contributed by atoms with van der Waals surface area (Å²) in [7, 11) is 0. The Morgan fingerprint density at radius 1 is 1.46 bits per heavy atom. The van der Waals surface area contributed by atoms with Crippen molar-refractivity contribution < 1.29 is 4.74 Å². The quantitative estimate of drug-likeness (QED) is 0.691. The van der Waals surface area contributed by atoms with E-state index >= 15 is 0 Å². The van der Waals surface area contributed by atoms with Gasteiger partial charge in [-0.05, 0) is 17.9 Å². The van der Waals surface area contributed by atoms with Gasteiger partial charge in [0, 0.05) is 18.2 Å². The molecule has 0 atom stereocenters. The van der Waals surface area contributed by atoms with Crippen molar-refractivity contribution in [3.8, 4) is 5.75 Å². The Kier molecular flexibility index (Phi) is 2.21. The van der Waals surface area contributed by atoms with Crippen LogP contribution in [0.2, 0.25) is 0 Å². The van der Waals surface area contributed by atoms with Gasteiger partial charge in [0.15, 0.2) is 0 Å². The number of pyridine rings is 1. The van der Waals surface area contributed by atoms with Crippen LogP contribution in [0.3, 0.4) is 0 Å². The molecule has 0 unspecified atom stereocenters. The Morgan fingerprint density at radius 2 is 2.31 bits per heavy atom. The molecule has 0 saturated carbocycles. The molecule has 0 aliphatic carbocycles. The van der Waals surface area contributed by atoms with Crippen LogP contribution in [0.25, 0.3) is 0 Å². The van der Waals surface area contributed by atoms with Crippen LogP contribution in [-0.4, -0.2) is 11.6 Å². The molecule has 2 nitrogen and oxygen atoms in total. The van der Waals surface area contributed by atoms with Crippen LogP contribution in [0.1, 0.15) is 25.0 Å². The van der Waals surface area contributed by atoms with Crippen molar-refractivity contribution in [2.75, 3.05) is 6.61 Å². The fourth-order valence-electron chi connectivity index (χ4n) is 1.80. The minimum absolute atomic E-state index is 0.689. The SMILES string of the molecule is CC(C)Cc1cncc2c1CCO2. The molecule has 2 heteroatoms. The normalized spacial score (nSPS) is 14.4. The smallest absolute Gasteiger partial charge is 0.141 e. The summed E-state index contributed by atoms with van der Waals surface area (Å²) in [6.07, 6.45) is 5.97. The second kappa shape index (κ2) is 3.36. The highest BCUT2D eigenvalue weighted by molar-refractivity contribution is 5.39. The van der Waals surface area contributed by atoms with Gasteiger partial charge >= 0.3 is 0 Å². The zero-order valence-corrected chi connectivity index (χ0v) is 8.21. The molecule has 0 aromatic carbocycles. The molecule has 0 fully saturated rings. The van der Waals surface area contributed by atoms with Crippen LogP contribution in [0, 0.1) is 5.92 Å². The fourth-order valence-corrected chi connectivity index (χ4v) is 1.80. The van der Waals surface area contributed by atoms with Crippen molar-refractivity contribution in [3.63, 3.8) is 0 Å². The molecule has 0 N–H and O–H groups in total. The third-order valence-corrected chi connectivity index (χ3v) is 2.34. The molecule has 1 aromatic rings. The average molecular weight is 177 g/mol. The standard InChI is InChI=1S/C11H15NO/c1-8(2)5-9-6-12-7-11-10(9)3-4-13-11/h6-8H,3-5H2,1-2H3. The number of ether oxygens (including phenoxy) is 1. The highest BCUT2D eigenvalue weighted by Gasteiger charge is 2.16. The van der Waals surface area contributed by atoms with Crippen LogP contribution < -0.4 is 4.74 Å². The van der Waals surface area contributed by atoms with Crippen molar-refractivity contribution in [2.24, 2.45) is 5.92 Å². The minimum Gasteiger partial charge on any atom is -0.491 e. The van der Waals surface area contributed by atoms with E-state index in [1.807, 2.05) is 12.4 Å². The molecule has 13 heavy (non-hydrogen) atoms. The highest BCUT2D eigenvalue weighted by atomic mass is 16.5. The zero-order valence-electron chi connectivity index (χ0n) is 8.21. The van der Waals surface area contributed by atoms with Gasteiger partial charge in [-0.15, -0.1) is 0 Å². The van der Waals surface area contributed by atoms with Crippen molar-refractivity contribution in [3.05, 3.63) is 23.5 Å². The number of hydrogen-bond acceptors (Lipinski definition) is 2. The molecule has 1 aromatic heterocycles.